The van der Waals surface area contributed by atoms with Gasteiger partial charge in [-0.15, -0.1) is 5.11 Å². The van der Waals surface area contributed by atoms with Crippen LogP contribution in [-0.2, 0) is 0 Å². The van der Waals surface area contributed by atoms with E-state index < -0.39 is 0 Å². The lowest BCUT2D eigenvalue weighted by atomic mass is 10.2. The lowest BCUT2D eigenvalue weighted by Gasteiger charge is -1.93. The van der Waals surface area contributed by atoms with Gasteiger partial charge in [-0.3, -0.25) is 0 Å². The molecule has 0 aliphatic carbocycles. The minimum Gasteiger partial charge on any atom is -0.352 e. The number of para-hydroxylation sites is 1. The Bertz CT molecular complexity index is 539. The SMILES string of the molecule is C1=Cc2[nH]c3ccccc3c2ON=N1. The number of hydrogen-bond donors (Lipinski definition) is 1. The molecular formula is C10H7N3O. The number of nitrogens with one attached hydrogen (secondary N) is 1. The van der Waals surface area contributed by atoms with Gasteiger partial charge in [-0.05, 0) is 18.2 Å². The molecule has 68 valence electrons. The van der Waals surface area contributed by atoms with Crippen LogP contribution in [-0.4, -0.2) is 4.98 Å². The predicted molar refractivity (Wildman–Crippen MR) is 52.8 cm³/mol. The number of benzene rings is 1. The molecule has 14 heavy (non-hydrogen) atoms. The van der Waals surface area contributed by atoms with Crippen molar-refractivity contribution in [3.8, 4) is 5.75 Å². The van der Waals surface area contributed by atoms with E-state index in [1.165, 1.54) is 0 Å². The molecular weight excluding hydrogens is 178 g/mol. The lowest BCUT2D eigenvalue weighted by molar-refractivity contribution is 0.317. The largest absolute Gasteiger partial charge is 0.352 e. The molecule has 3 rings (SSSR count). The number of H-pyrrole nitrogens is 1. The third-order valence-electron chi connectivity index (χ3n) is 2.17. The van der Waals surface area contributed by atoms with Gasteiger partial charge in [0, 0.05) is 16.2 Å². The molecule has 1 aliphatic heterocycles. The number of aromatic nitrogens is 1. The Labute approximate surface area is 79.9 Å². The van der Waals surface area contributed by atoms with Crippen LogP contribution in [0.1, 0.15) is 5.69 Å². The number of fused-ring (bicyclic) bond motifs is 3. The van der Waals surface area contributed by atoms with Gasteiger partial charge in [0.1, 0.15) is 0 Å². The summed E-state index contributed by atoms with van der Waals surface area (Å²) in [7, 11) is 0. The van der Waals surface area contributed by atoms with Crippen LogP contribution in [0, 0.1) is 0 Å². The molecule has 0 saturated heterocycles. The van der Waals surface area contributed by atoms with Crippen LogP contribution in [0.15, 0.2) is 40.9 Å². The molecule has 0 radical (unpaired) electrons. The van der Waals surface area contributed by atoms with Crippen LogP contribution in [0.25, 0.3) is 17.0 Å². The van der Waals surface area contributed by atoms with E-state index in [9.17, 15) is 0 Å². The molecule has 1 aliphatic rings. The smallest absolute Gasteiger partial charge is 0.192 e. The monoisotopic (exact) mass is 185 g/mol. The minimum atomic E-state index is 0.734. The second kappa shape index (κ2) is 2.70. The molecule has 0 saturated carbocycles. The van der Waals surface area contributed by atoms with E-state index in [1.807, 2.05) is 30.3 Å². The lowest BCUT2D eigenvalue weighted by Crippen LogP contribution is -1.79. The Balaban J connectivity index is 2.37. The maximum absolute atomic E-state index is 5.17. The third-order valence-corrected chi connectivity index (χ3v) is 2.17. The van der Waals surface area contributed by atoms with E-state index in [0.29, 0.717) is 0 Å². The van der Waals surface area contributed by atoms with E-state index >= 15 is 0 Å². The highest BCUT2D eigenvalue weighted by Crippen LogP contribution is 2.32. The standard InChI is InChI=1S/C10H7N3O/c1-2-4-8-7(3-1)10-9(12-8)5-6-11-13-14-10/h1-6,12H. The number of rotatable bonds is 0. The molecule has 0 atom stereocenters. The summed E-state index contributed by atoms with van der Waals surface area (Å²) >= 11 is 0. The van der Waals surface area contributed by atoms with Crippen molar-refractivity contribution < 1.29 is 4.84 Å². The highest BCUT2D eigenvalue weighted by Gasteiger charge is 2.11. The van der Waals surface area contributed by atoms with E-state index in [-0.39, 0.29) is 0 Å². The van der Waals surface area contributed by atoms with Gasteiger partial charge < -0.3 is 9.82 Å². The predicted octanol–water partition coefficient (Wildman–Crippen LogP) is 2.90. The summed E-state index contributed by atoms with van der Waals surface area (Å²) in [5.74, 6) is 0.734. The Kier molecular flexibility index (Phi) is 1.41. The van der Waals surface area contributed by atoms with Crippen LogP contribution in [0.3, 0.4) is 0 Å². The molecule has 0 spiro atoms. The van der Waals surface area contributed by atoms with Crippen LogP contribution in [0.2, 0.25) is 0 Å². The first-order valence-corrected chi connectivity index (χ1v) is 4.29. The number of aromatic amines is 1. The Morgan fingerprint density at radius 2 is 2.14 bits per heavy atom. The van der Waals surface area contributed by atoms with Gasteiger partial charge >= 0.3 is 0 Å². The normalized spacial score (nSPS) is 13.7. The molecule has 0 fully saturated rings. The summed E-state index contributed by atoms with van der Waals surface area (Å²) in [5.41, 5.74) is 1.94. The van der Waals surface area contributed by atoms with Crippen LogP contribution in [0.4, 0.5) is 0 Å². The number of hydrogen-bond acceptors (Lipinski definition) is 3. The molecule has 0 amide bonds. The minimum absolute atomic E-state index is 0.734. The average Bonchev–Trinajstić information content (AvgIpc) is 2.42. The fourth-order valence-corrected chi connectivity index (χ4v) is 1.55. The first-order valence-electron chi connectivity index (χ1n) is 4.29. The fraction of sp³-hybridized carbons (Fsp3) is 0. The zero-order chi connectivity index (χ0) is 9.38. The van der Waals surface area contributed by atoms with Gasteiger partial charge in [0.15, 0.2) is 5.75 Å². The summed E-state index contributed by atoms with van der Waals surface area (Å²) in [6, 6.07) is 7.92. The molecule has 1 aromatic carbocycles. The Hall–Kier alpha value is -2.10. The second-order valence-corrected chi connectivity index (χ2v) is 3.02. The number of nitrogens with zero attached hydrogens (tertiary/aromatic N) is 2. The van der Waals surface area contributed by atoms with Crippen molar-refractivity contribution in [3.63, 3.8) is 0 Å². The van der Waals surface area contributed by atoms with Crippen molar-refractivity contribution in [2.24, 2.45) is 10.4 Å². The fourth-order valence-electron chi connectivity index (χ4n) is 1.55. The molecule has 2 heterocycles. The van der Waals surface area contributed by atoms with Crippen LogP contribution < -0.4 is 4.84 Å². The highest BCUT2D eigenvalue weighted by molar-refractivity contribution is 5.90. The first kappa shape index (κ1) is 7.32. The molecule has 1 N–H and O–H groups in total. The summed E-state index contributed by atoms with van der Waals surface area (Å²) in [4.78, 5) is 8.39. The quantitative estimate of drug-likeness (QED) is 0.674. The topological polar surface area (TPSA) is 49.7 Å². The summed E-state index contributed by atoms with van der Waals surface area (Å²) in [6.07, 6.45) is 3.44. The third kappa shape index (κ3) is 0.939. The van der Waals surface area contributed by atoms with Gasteiger partial charge in [0.05, 0.1) is 11.9 Å². The van der Waals surface area contributed by atoms with Crippen molar-refractivity contribution >= 4 is 17.0 Å². The van der Waals surface area contributed by atoms with E-state index in [0.717, 1.165) is 22.3 Å². The highest BCUT2D eigenvalue weighted by atomic mass is 16.6. The summed E-state index contributed by atoms with van der Waals surface area (Å²) < 4.78 is 0. The summed E-state index contributed by atoms with van der Waals surface area (Å²) in [5, 5.41) is 8.24. The zero-order valence-corrected chi connectivity index (χ0v) is 7.27. The van der Waals surface area contributed by atoms with Crippen molar-refractivity contribution in [2.45, 2.75) is 0 Å². The Morgan fingerprint density at radius 1 is 1.21 bits per heavy atom. The molecule has 0 unspecified atom stereocenters. The average molecular weight is 185 g/mol. The van der Waals surface area contributed by atoms with Gasteiger partial charge in [0.25, 0.3) is 0 Å². The van der Waals surface area contributed by atoms with E-state index in [4.69, 9.17) is 4.84 Å². The van der Waals surface area contributed by atoms with Crippen molar-refractivity contribution in [2.75, 3.05) is 0 Å². The maximum Gasteiger partial charge on any atom is 0.192 e. The van der Waals surface area contributed by atoms with Crippen molar-refractivity contribution in [1.82, 2.24) is 4.98 Å². The molecule has 1 aromatic heterocycles. The molecule has 4 nitrogen and oxygen atoms in total. The van der Waals surface area contributed by atoms with Crippen molar-refractivity contribution in [1.29, 1.82) is 0 Å². The van der Waals surface area contributed by atoms with Crippen molar-refractivity contribution in [3.05, 3.63) is 36.2 Å². The second-order valence-electron chi connectivity index (χ2n) is 3.02. The van der Waals surface area contributed by atoms with Crippen LogP contribution >= 0.6 is 0 Å². The van der Waals surface area contributed by atoms with Gasteiger partial charge in [0.2, 0.25) is 0 Å². The molecule has 4 heteroatoms. The van der Waals surface area contributed by atoms with E-state index in [1.54, 1.807) is 6.20 Å². The molecule has 2 aromatic rings. The maximum atomic E-state index is 5.17. The Morgan fingerprint density at radius 3 is 3.14 bits per heavy atom. The summed E-state index contributed by atoms with van der Waals surface area (Å²) in [6.45, 7) is 0. The van der Waals surface area contributed by atoms with Crippen LogP contribution in [0.5, 0.6) is 5.75 Å². The van der Waals surface area contributed by atoms with Gasteiger partial charge in [-0.1, -0.05) is 12.1 Å². The van der Waals surface area contributed by atoms with Gasteiger partial charge in [-0.2, -0.15) is 0 Å². The first-order chi connectivity index (χ1) is 6.95. The van der Waals surface area contributed by atoms with Gasteiger partial charge in [-0.25, -0.2) is 0 Å². The molecule has 0 bridgehead atoms. The zero-order valence-electron chi connectivity index (χ0n) is 7.27. The van der Waals surface area contributed by atoms with E-state index in [2.05, 4.69) is 15.4 Å².